The summed E-state index contributed by atoms with van der Waals surface area (Å²) in [5.74, 6) is -1.15. The van der Waals surface area contributed by atoms with Gasteiger partial charge in [-0.2, -0.15) is 0 Å². The Morgan fingerprint density at radius 2 is 2.10 bits per heavy atom. The molecule has 2 amide bonds. The van der Waals surface area contributed by atoms with Crippen molar-refractivity contribution in [2.45, 2.75) is 43.9 Å². The Morgan fingerprint density at radius 3 is 2.77 bits per heavy atom. The van der Waals surface area contributed by atoms with Crippen LogP contribution >= 0.6 is 34.9 Å². The normalized spacial score (nSPS) is 24.5. The molecule has 40 heavy (non-hydrogen) atoms. The molecule has 4 rings (SSSR count). The molecule has 3 aliphatic rings. The van der Waals surface area contributed by atoms with Crippen LogP contribution in [-0.2, 0) is 43.0 Å². The van der Waals surface area contributed by atoms with Crippen molar-refractivity contribution >= 4 is 69.5 Å². The number of thiazole rings is 1. The number of rotatable bonds is 10. The summed E-state index contributed by atoms with van der Waals surface area (Å²) in [5, 5.41) is 7.50. The highest BCUT2D eigenvalue weighted by molar-refractivity contribution is 8.04. The lowest BCUT2D eigenvalue weighted by Gasteiger charge is -2.48. The summed E-state index contributed by atoms with van der Waals surface area (Å²) in [5.41, 5.74) is 5.23. The molecule has 1 aromatic heterocycles. The van der Waals surface area contributed by atoms with Crippen molar-refractivity contribution in [3.8, 4) is 0 Å². The summed E-state index contributed by atoms with van der Waals surface area (Å²) in [7, 11) is 1.30. The maximum Gasteiger partial charge on any atom is 0.357 e. The molecule has 218 valence electrons. The Kier molecular flexibility index (Phi) is 9.60. The van der Waals surface area contributed by atoms with Gasteiger partial charge in [0.25, 0.3) is 5.91 Å². The van der Waals surface area contributed by atoms with Gasteiger partial charge in [0, 0.05) is 16.9 Å². The zero-order chi connectivity index (χ0) is 29.0. The van der Waals surface area contributed by atoms with Crippen molar-refractivity contribution in [2.75, 3.05) is 37.7 Å². The van der Waals surface area contributed by atoms with Crippen LogP contribution in [-0.4, -0.2) is 94.5 Å². The maximum atomic E-state index is 12.9. The van der Waals surface area contributed by atoms with Crippen LogP contribution in [0.5, 0.6) is 0 Å². The number of esters is 2. The summed E-state index contributed by atoms with van der Waals surface area (Å²) < 4.78 is 21.4. The second-order valence-corrected chi connectivity index (χ2v) is 12.8. The highest BCUT2D eigenvalue weighted by atomic mass is 32.2. The van der Waals surface area contributed by atoms with Gasteiger partial charge in [-0.15, -0.1) is 34.9 Å². The van der Waals surface area contributed by atoms with E-state index in [9.17, 15) is 19.2 Å². The number of nitrogens with one attached hydrogen (secondary N) is 1. The number of carbonyl (C=O) groups excluding carboxylic acids is 4. The molecule has 0 aromatic carbocycles. The molecule has 1 aromatic rings. The molecule has 4 unspecified atom stereocenters. The fourth-order valence-electron chi connectivity index (χ4n) is 3.63. The molecular weight excluding hydrogens is 586 g/mol. The summed E-state index contributed by atoms with van der Waals surface area (Å²) >= 11 is 4.06. The molecule has 0 radical (unpaired) electrons. The number of amides is 2. The molecule has 3 N–H and O–H groups in total. The van der Waals surface area contributed by atoms with Gasteiger partial charge in [-0.1, -0.05) is 5.16 Å². The first-order valence-electron chi connectivity index (χ1n) is 12.0. The summed E-state index contributed by atoms with van der Waals surface area (Å²) in [6.45, 7) is 4.73. The van der Waals surface area contributed by atoms with Crippen molar-refractivity contribution in [1.29, 1.82) is 0 Å². The standard InChI is InChI=1S/C23H29N5O9S3/c1-23(2,3)20(32)36-10-35-19(31)13-5-6-38-18-15(17(30)28(13)18)39-8-11-7-34-22(37-11)26-16(29)14(27-33-4)12-9-40-21(24)25-12/h5,9,11,15,18,22H,6-8,10H2,1-4H3,(H2,24,25)(H,26,29)/b27-14-. The first-order chi connectivity index (χ1) is 19.0. The largest absolute Gasteiger partial charge is 0.427 e. The number of anilines is 1. The van der Waals surface area contributed by atoms with Gasteiger partial charge in [-0.25, -0.2) is 9.78 Å². The van der Waals surface area contributed by atoms with Crippen LogP contribution in [0.25, 0.3) is 0 Å². The molecule has 0 spiro atoms. The van der Waals surface area contributed by atoms with Gasteiger partial charge in [0.15, 0.2) is 10.8 Å². The minimum Gasteiger partial charge on any atom is -0.427 e. The van der Waals surface area contributed by atoms with E-state index in [4.69, 9.17) is 29.5 Å². The molecule has 0 bridgehead atoms. The molecule has 3 aliphatic heterocycles. The van der Waals surface area contributed by atoms with Crippen LogP contribution in [0.1, 0.15) is 26.5 Å². The number of nitrogens with zero attached hydrogens (tertiary/aromatic N) is 3. The zero-order valence-electron chi connectivity index (χ0n) is 22.1. The average Bonchev–Trinajstić information content (AvgIpc) is 3.54. The minimum absolute atomic E-state index is 0.0790. The molecule has 14 nitrogen and oxygen atoms in total. The highest BCUT2D eigenvalue weighted by Gasteiger charge is 2.52. The Labute approximate surface area is 242 Å². The Hall–Kier alpha value is -2.86. The smallest absolute Gasteiger partial charge is 0.357 e. The molecule has 4 atom stereocenters. The topological polar surface area (TPSA) is 181 Å². The van der Waals surface area contributed by atoms with Crippen LogP contribution in [0.15, 0.2) is 22.3 Å². The second kappa shape index (κ2) is 12.8. The van der Waals surface area contributed by atoms with Gasteiger partial charge < -0.3 is 34.8 Å². The SMILES string of the molecule is CO/N=C(\C(=O)NC1OCC(CSC2C(=O)N3C(C(=O)OCOC(=O)C(C)(C)C)=CCSC23)O1)c1csc(N)n1. The maximum absolute atomic E-state index is 12.9. The third-order valence-corrected chi connectivity index (χ3v) is 9.03. The summed E-state index contributed by atoms with van der Waals surface area (Å²) in [4.78, 5) is 60.2. The van der Waals surface area contributed by atoms with Crippen LogP contribution in [0, 0.1) is 5.41 Å². The van der Waals surface area contributed by atoms with Gasteiger partial charge in [0.05, 0.1) is 18.1 Å². The lowest BCUT2D eigenvalue weighted by Crippen LogP contribution is -2.63. The molecule has 2 saturated heterocycles. The Balaban J connectivity index is 1.23. The number of hydrogen-bond acceptors (Lipinski definition) is 15. The van der Waals surface area contributed by atoms with E-state index in [1.54, 1.807) is 32.2 Å². The van der Waals surface area contributed by atoms with Crippen LogP contribution in [0.3, 0.4) is 0 Å². The van der Waals surface area contributed by atoms with Crippen molar-refractivity contribution < 1.29 is 43.0 Å². The zero-order valence-corrected chi connectivity index (χ0v) is 24.6. The number of thioether (sulfide) groups is 2. The number of hydrogen-bond donors (Lipinski definition) is 2. The molecule has 0 saturated carbocycles. The van der Waals surface area contributed by atoms with Crippen LogP contribution in [0.4, 0.5) is 5.13 Å². The molecule has 4 heterocycles. The van der Waals surface area contributed by atoms with E-state index in [0.717, 1.165) is 11.3 Å². The first-order valence-corrected chi connectivity index (χ1v) is 15.0. The van der Waals surface area contributed by atoms with E-state index in [0.29, 0.717) is 11.5 Å². The number of carbonyl (C=O) groups is 4. The Bertz CT molecular complexity index is 1210. The van der Waals surface area contributed by atoms with Crippen molar-refractivity contribution in [2.24, 2.45) is 10.6 Å². The van der Waals surface area contributed by atoms with Crippen LogP contribution in [0.2, 0.25) is 0 Å². The average molecular weight is 616 g/mol. The summed E-state index contributed by atoms with van der Waals surface area (Å²) in [6, 6.07) is 0. The molecule has 0 aliphatic carbocycles. The fraction of sp³-hybridized carbons (Fsp3) is 0.565. The van der Waals surface area contributed by atoms with E-state index in [-0.39, 0.29) is 46.2 Å². The molecule has 2 fully saturated rings. The number of fused-ring (bicyclic) bond motifs is 1. The second-order valence-electron chi connectivity index (χ2n) is 9.60. The van der Waals surface area contributed by atoms with Gasteiger partial charge in [0.2, 0.25) is 19.1 Å². The number of oxime groups is 1. The number of β-lactam (4-membered cyclic amide) rings is 1. The minimum atomic E-state index is -1.02. The third kappa shape index (κ3) is 6.88. The number of nitrogens with two attached hydrogens (primary N) is 1. The van der Waals surface area contributed by atoms with Crippen LogP contribution < -0.4 is 11.1 Å². The monoisotopic (exact) mass is 615 g/mol. The van der Waals surface area contributed by atoms with E-state index < -0.39 is 41.7 Å². The number of ether oxygens (including phenoxy) is 4. The lowest BCUT2D eigenvalue weighted by atomic mass is 9.98. The lowest BCUT2D eigenvalue weighted by molar-refractivity contribution is -0.173. The van der Waals surface area contributed by atoms with Gasteiger partial charge in [-0.3, -0.25) is 19.3 Å². The predicted molar refractivity (Wildman–Crippen MR) is 147 cm³/mol. The quantitative estimate of drug-likeness (QED) is 0.125. The number of nitrogen functional groups attached to an aromatic ring is 1. The summed E-state index contributed by atoms with van der Waals surface area (Å²) in [6.07, 6.45) is 0.210. The highest BCUT2D eigenvalue weighted by Crippen LogP contribution is 2.43. The van der Waals surface area contributed by atoms with Crippen molar-refractivity contribution in [3.63, 3.8) is 0 Å². The van der Waals surface area contributed by atoms with Crippen molar-refractivity contribution in [1.82, 2.24) is 15.2 Å². The van der Waals surface area contributed by atoms with Gasteiger partial charge >= 0.3 is 11.9 Å². The molecule has 17 heteroatoms. The van der Waals surface area contributed by atoms with E-state index >= 15 is 0 Å². The van der Waals surface area contributed by atoms with E-state index in [2.05, 4.69) is 15.5 Å². The van der Waals surface area contributed by atoms with E-state index in [1.807, 2.05) is 0 Å². The fourth-order valence-corrected chi connectivity index (χ4v) is 6.90. The van der Waals surface area contributed by atoms with Gasteiger partial charge in [-0.05, 0) is 26.8 Å². The molecular formula is C23H29N5O9S3. The Morgan fingerprint density at radius 1 is 1.32 bits per heavy atom. The van der Waals surface area contributed by atoms with E-state index in [1.165, 1.54) is 35.5 Å². The van der Waals surface area contributed by atoms with Gasteiger partial charge in [0.1, 0.15) is 29.1 Å². The first kappa shape index (κ1) is 30.1. The van der Waals surface area contributed by atoms with Crippen molar-refractivity contribution in [3.05, 3.63) is 22.8 Å². The predicted octanol–water partition coefficient (Wildman–Crippen LogP) is 0.882. The third-order valence-electron chi connectivity index (χ3n) is 5.62. The number of aromatic nitrogens is 1.